The Morgan fingerprint density at radius 3 is 2.63 bits per heavy atom. The van der Waals surface area contributed by atoms with E-state index in [4.69, 9.17) is 11.6 Å². The van der Waals surface area contributed by atoms with Gasteiger partial charge in [0.2, 0.25) is 0 Å². The van der Waals surface area contributed by atoms with Crippen LogP contribution in [0.5, 0.6) is 0 Å². The summed E-state index contributed by atoms with van der Waals surface area (Å²) in [6.07, 6.45) is 3.35. The van der Waals surface area contributed by atoms with Crippen LogP contribution in [0.2, 0.25) is 5.02 Å². The minimum Gasteiger partial charge on any atom is -0.390 e. The Bertz CT molecular complexity index is 491. The minimum atomic E-state index is -0.121. The number of hydrogen-bond donors (Lipinski definition) is 1. The molecular weight excluding hydrogens is 260 g/mol. The van der Waals surface area contributed by atoms with Crippen LogP contribution in [0, 0.1) is 5.41 Å². The molecule has 0 aliphatic carbocycles. The van der Waals surface area contributed by atoms with Gasteiger partial charge >= 0.3 is 0 Å². The fraction of sp³-hybridized carbons (Fsp3) is 0.533. The van der Waals surface area contributed by atoms with Crippen LogP contribution in [0.25, 0.3) is 0 Å². The van der Waals surface area contributed by atoms with Crippen molar-refractivity contribution in [3.8, 4) is 0 Å². The highest BCUT2D eigenvalue weighted by Crippen LogP contribution is 2.31. The molecule has 104 valence electrons. The van der Waals surface area contributed by atoms with Crippen LogP contribution in [-0.2, 0) is 6.61 Å². The summed E-state index contributed by atoms with van der Waals surface area (Å²) in [4.78, 5) is 6.63. The van der Waals surface area contributed by atoms with Crippen LogP contribution in [-0.4, -0.2) is 23.2 Å². The van der Waals surface area contributed by atoms with Gasteiger partial charge in [-0.3, -0.25) is 0 Å². The topological polar surface area (TPSA) is 36.4 Å². The second kappa shape index (κ2) is 5.51. The quantitative estimate of drug-likeness (QED) is 0.844. The van der Waals surface area contributed by atoms with Gasteiger partial charge in [0.25, 0.3) is 0 Å². The number of rotatable bonds is 2. The number of aromatic nitrogens is 1. The molecule has 0 fully saturated rings. The van der Waals surface area contributed by atoms with Crippen molar-refractivity contribution in [3.05, 3.63) is 34.5 Å². The number of pyridine rings is 1. The van der Waals surface area contributed by atoms with Crippen molar-refractivity contribution in [2.45, 2.75) is 33.8 Å². The highest BCUT2D eigenvalue weighted by molar-refractivity contribution is 6.31. The summed E-state index contributed by atoms with van der Waals surface area (Å²) in [5, 5.41) is 9.73. The third-order valence-corrected chi connectivity index (χ3v) is 3.89. The molecule has 0 bridgehead atoms. The molecule has 1 aliphatic heterocycles. The molecule has 1 aromatic rings. The lowest BCUT2D eigenvalue weighted by Gasteiger charge is -2.33. The molecule has 0 radical (unpaired) electrons. The molecule has 4 heteroatoms. The zero-order chi connectivity index (χ0) is 14.0. The van der Waals surface area contributed by atoms with Crippen molar-refractivity contribution in [2.75, 3.05) is 18.0 Å². The van der Waals surface area contributed by atoms with Crippen LogP contribution in [0.1, 0.15) is 32.9 Å². The maximum absolute atomic E-state index is 9.21. The fourth-order valence-electron chi connectivity index (χ4n) is 2.32. The molecule has 2 rings (SSSR count). The summed E-state index contributed by atoms with van der Waals surface area (Å²) < 4.78 is 0. The number of aliphatic hydroxyl groups excluding tert-OH is 1. The first-order valence-corrected chi connectivity index (χ1v) is 7.00. The average molecular weight is 281 g/mol. The van der Waals surface area contributed by atoms with Crippen LogP contribution in [0.4, 0.5) is 5.82 Å². The van der Waals surface area contributed by atoms with Crippen LogP contribution >= 0.6 is 11.6 Å². The molecule has 1 aliphatic rings. The van der Waals surface area contributed by atoms with E-state index in [-0.39, 0.29) is 12.0 Å². The van der Waals surface area contributed by atoms with Gasteiger partial charge in [-0.25, -0.2) is 4.98 Å². The SMILES string of the molecule is CC(C)(C)C1=CCN(c2ccc(Cl)c(CO)n2)CC1. The first-order valence-electron chi connectivity index (χ1n) is 6.62. The zero-order valence-electron chi connectivity index (χ0n) is 11.8. The van der Waals surface area contributed by atoms with Gasteiger partial charge in [0.1, 0.15) is 5.82 Å². The molecule has 0 unspecified atom stereocenters. The van der Waals surface area contributed by atoms with E-state index in [9.17, 15) is 5.11 Å². The van der Waals surface area contributed by atoms with E-state index in [1.807, 2.05) is 6.07 Å². The third-order valence-electron chi connectivity index (χ3n) is 3.55. The summed E-state index contributed by atoms with van der Waals surface area (Å²) in [7, 11) is 0. The number of nitrogens with zero attached hydrogens (tertiary/aromatic N) is 2. The lowest BCUT2D eigenvalue weighted by Crippen LogP contribution is -2.32. The van der Waals surface area contributed by atoms with Gasteiger partial charge in [-0.1, -0.05) is 44.0 Å². The average Bonchev–Trinajstić information content (AvgIpc) is 2.38. The predicted octanol–water partition coefficient (Wildman–Crippen LogP) is 3.41. The predicted molar refractivity (Wildman–Crippen MR) is 79.5 cm³/mol. The molecule has 19 heavy (non-hydrogen) atoms. The van der Waals surface area contributed by atoms with Gasteiger partial charge in [0.15, 0.2) is 0 Å². The smallest absolute Gasteiger partial charge is 0.129 e. The fourth-order valence-corrected chi connectivity index (χ4v) is 2.48. The highest BCUT2D eigenvalue weighted by atomic mass is 35.5. The second-order valence-corrected chi connectivity index (χ2v) is 6.34. The maximum atomic E-state index is 9.21. The second-order valence-electron chi connectivity index (χ2n) is 5.93. The third kappa shape index (κ3) is 3.28. The molecule has 0 saturated carbocycles. The number of aliphatic hydroxyl groups is 1. The lowest BCUT2D eigenvalue weighted by atomic mass is 9.83. The van der Waals surface area contributed by atoms with Gasteiger partial charge in [-0.2, -0.15) is 0 Å². The molecule has 0 amide bonds. The first-order chi connectivity index (χ1) is 8.91. The molecule has 0 saturated heterocycles. The van der Waals surface area contributed by atoms with Gasteiger partial charge in [-0.05, 0) is 24.0 Å². The van der Waals surface area contributed by atoms with Crippen molar-refractivity contribution in [1.29, 1.82) is 0 Å². The monoisotopic (exact) mass is 280 g/mol. The van der Waals surface area contributed by atoms with Crippen molar-refractivity contribution in [3.63, 3.8) is 0 Å². The summed E-state index contributed by atoms with van der Waals surface area (Å²) in [6.45, 7) is 8.45. The van der Waals surface area contributed by atoms with E-state index < -0.39 is 0 Å². The maximum Gasteiger partial charge on any atom is 0.129 e. The Morgan fingerprint density at radius 2 is 2.11 bits per heavy atom. The molecular formula is C15H21ClN2O. The summed E-state index contributed by atoms with van der Waals surface area (Å²) in [5.74, 6) is 0.887. The Morgan fingerprint density at radius 1 is 1.37 bits per heavy atom. The van der Waals surface area contributed by atoms with E-state index in [0.717, 1.165) is 25.3 Å². The lowest BCUT2D eigenvalue weighted by molar-refractivity contribution is 0.277. The highest BCUT2D eigenvalue weighted by Gasteiger charge is 2.22. The van der Waals surface area contributed by atoms with E-state index >= 15 is 0 Å². The van der Waals surface area contributed by atoms with Crippen molar-refractivity contribution in [1.82, 2.24) is 4.98 Å². The molecule has 2 heterocycles. The summed E-state index contributed by atoms with van der Waals surface area (Å²) in [5.41, 5.74) is 2.29. The van der Waals surface area contributed by atoms with Crippen LogP contribution in [0.15, 0.2) is 23.8 Å². The Balaban J connectivity index is 2.16. The summed E-state index contributed by atoms with van der Waals surface area (Å²) in [6, 6.07) is 3.72. The Kier molecular flexibility index (Phi) is 4.16. The van der Waals surface area contributed by atoms with E-state index in [1.54, 1.807) is 6.07 Å². The van der Waals surface area contributed by atoms with Crippen molar-refractivity contribution >= 4 is 17.4 Å². The van der Waals surface area contributed by atoms with Crippen LogP contribution in [0.3, 0.4) is 0 Å². The van der Waals surface area contributed by atoms with Crippen molar-refractivity contribution in [2.24, 2.45) is 5.41 Å². The van der Waals surface area contributed by atoms with Gasteiger partial charge in [0, 0.05) is 13.1 Å². The Hall–Kier alpha value is -1.06. The van der Waals surface area contributed by atoms with Crippen molar-refractivity contribution < 1.29 is 5.11 Å². The first kappa shape index (κ1) is 14.4. The van der Waals surface area contributed by atoms with Gasteiger partial charge in [0.05, 0.1) is 17.3 Å². The van der Waals surface area contributed by atoms with Crippen LogP contribution < -0.4 is 4.90 Å². The minimum absolute atomic E-state index is 0.121. The molecule has 1 N–H and O–H groups in total. The largest absolute Gasteiger partial charge is 0.390 e. The standard InChI is InChI=1S/C15H21ClN2O/c1-15(2,3)11-6-8-18(9-7-11)14-5-4-12(16)13(10-19)17-14/h4-6,19H,7-10H2,1-3H3. The van der Waals surface area contributed by atoms with Gasteiger partial charge in [-0.15, -0.1) is 0 Å². The van der Waals surface area contributed by atoms with E-state index in [0.29, 0.717) is 10.7 Å². The molecule has 0 atom stereocenters. The molecule has 0 aromatic carbocycles. The van der Waals surface area contributed by atoms with E-state index in [1.165, 1.54) is 5.57 Å². The molecule has 3 nitrogen and oxygen atoms in total. The number of halogens is 1. The van der Waals surface area contributed by atoms with Gasteiger partial charge < -0.3 is 10.0 Å². The van der Waals surface area contributed by atoms with E-state index in [2.05, 4.69) is 36.7 Å². The normalized spacial score (nSPS) is 16.5. The zero-order valence-corrected chi connectivity index (χ0v) is 12.5. The molecule has 0 spiro atoms. The number of anilines is 1. The summed E-state index contributed by atoms with van der Waals surface area (Å²) >= 11 is 5.97. The Labute approximate surface area is 119 Å². The molecule has 1 aromatic heterocycles. The number of hydrogen-bond acceptors (Lipinski definition) is 3.